The zero-order chi connectivity index (χ0) is 15.6. The van der Waals surface area contributed by atoms with E-state index in [4.69, 9.17) is 0 Å². The molecule has 0 aromatic heterocycles. The molecule has 1 aliphatic heterocycles. The summed E-state index contributed by atoms with van der Waals surface area (Å²) in [5.41, 5.74) is 4.95. The normalized spacial score (nSPS) is 14.0. The third-order valence-electron chi connectivity index (χ3n) is 3.24. The summed E-state index contributed by atoms with van der Waals surface area (Å²) in [6, 6.07) is 5.22. The van der Waals surface area contributed by atoms with Crippen molar-refractivity contribution >= 4 is 11.3 Å². The van der Waals surface area contributed by atoms with Crippen molar-refractivity contribution < 1.29 is 4.39 Å². The van der Waals surface area contributed by atoms with Crippen LogP contribution in [0, 0.1) is 5.82 Å². The lowest BCUT2D eigenvalue weighted by Crippen LogP contribution is -2.17. The van der Waals surface area contributed by atoms with Crippen LogP contribution in [0.1, 0.15) is 31.9 Å². The Morgan fingerprint density at radius 2 is 1.95 bits per heavy atom. The van der Waals surface area contributed by atoms with Crippen LogP contribution in [0.15, 0.2) is 67.1 Å². The fourth-order valence-electron chi connectivity index (χ4n) is 2.18. The summed E-state index contributed by atoms with van der Waals surface area (Å²) in [5, 5.41) is 0. The Morgan fingerprint density at radius 1 is 1.24 bits per heavy atom. The molecular formula is C19H20FN. The average molecular weight is 281 g/mol. The molecule has 0 aliphatic carbocycles. The molecule has 2 rings (SSSR count). The highest BCUT2D eigenvalue weighted by Crippen LogP contribution is 2.30. The van der Waals surface area contributed by atoms with E-state index in [1.807, 2.05) is 56.2 Å². The molecule has 2 heteroatoms. The Balaban J connectivity index is 2.51. The minimum absolute atomic E-state index is 0.253. The molecule has 0 amide bonds. The van der Waals surface area contributed by atoms with Crippen LogP contribution in [-0.4, -0.2) is 4.90 Å². The molecule has 1 aromatic rings. The molecule has 0 unspecified atom stereocenters. The van der Waals surface area contributed by atoms with Gasteiger partial charge < -0.3 is 4.90 Å². The van der Waals surface area contributed by atoms with Gasteiger partial charge in [0, 0.05) is 17.5 Å². The fourth-order valence-corrected chi connectivity index (χ4v) is 2.18. The van der Waals surface area contributed by atoms with Gasteiger partial charge >= 0.3 is 0 Å². The molecule has 108 valence electrons. The van der Waals surface area contributed by atoms with Crippen LogP contribution in [0.2, 0.25) is 0 Å². The summed E-state index contributed by atoms with van der Waals surface area (Å²) < 4.78 is 14.4. The molecule has 0 N–H and O–H groups in total. The van der Waals surface area contributed by atoms with E-state index in [2.05, 4.69) is 13.2 Å². The summed E-state index contributed by atoms with van der Waals surface area (Å²) in [6.07, 6.45) is 7.65. The van der Waals surface area contributed by atoms with Crippen LogP contribution in [0.3, 0.4) is 0 Å². The van der Waals surface area contributed by atoms with Gasteiger partial charge in [-0.3, -0.25) is 0 Å². The molecule has 0 atom stereocenters. The van der Waals surface area contributed by atoms with Crippen molar-refractivity contribution in [3.8, 4) is 0 Å². The Bertz CT molecular complexity index is 686. The summed E-state index contributed by atoms with van der Waals surface area (Å²) in [5.74, 6) is -0.253. The SMILES string of the molecule is C=C(C)c1ccc(C2=CC=CC(=C)N2C=C(C)C)c(F)c1. The summed E-state index contributed by atoms with van der Waals surface area (Å²) in [4.78, 5) is 1.91. The Morgan fingerprint density at radius 3 is 2.52 bits per heavy atom. The monoisotopic (exact) mass is 281 g/mol. The van der Waals surface area contributed by atoms with Gasteiger partial charge in [0.25, 0.3) is 0 Å². The maximum absolute atomic E-state index is 14.4. The van der Waals surface area contributed by atoms with Crippen LogP contribution >= 0.6 is 0 Å². The van der Waals surface area contributed by atoms with E-state index in [9.17, 15) is 4.39 Å². The summed E-state index contributed by atoms with van der Waals surface area (Å²) in [7, 11) is 0. The maximum Gasteiger partial charge on any atom is 0.133 e. The molecule has 0 bridgehead atoms. The Labute approximate surface area is 126 Å². The van der Waals surface area contributed by atoms with E-state index in [1.165, 1.54) is 6.07 Å². The van der Waals surface area contributed by atoms with Gasteiger partial charge in [-0.1, -0.05) is 36.4 Å². The quantitative estimate of drug-likeness (QED) is 0.706. The lowest BCUT2D eigenvalue weighted by Gasteiger charge is -2.27. The fraction of sp³-hybridized carbons (Fsp3) is 0.158. The van der Waals surface area contributed by atoms with Gasteiger partial charge in [-0.15, -0.1) is 0 Å². The third kappa shape index (κ3) is 3.22. The number of nitrogens with zero attached hydrogens (tertiary/aromatic N) is 1. The van der Waals surface area contributed by atoms with E-state index >= 15 is 0 Å². The highest BCUT2D eigenvalue weighted by atomic mass is 19.1. The van der Waals surface area contributed by atoms with Gasteiger partial charge in [0.1, 0.15) is 5.82 Å². The second kappa shape index (κ2) is 5.96. The van der Waals surface area contributed by atoms with E-state index in [0.717, 1.165) is 28.1 Å². The van der Waals surface area contributed by atoms with Gasteiger partial charge in [-0.2, -0.15) is 0 Å². The highest BCUT2D eigenvalue weighted by molar-refractivity contribution is 5.73. The van der Waals surface area contributed by atoms with Crippen molar-refractivity contribution in [1.29, 1.82) is 0 Å². The van der Waals surface area contributed by atoms with Crippen molar-refractivity contribution in [2.75, 3.05) is 0 Å². The van der Waals surface area contributed by atoms with Crippen molar-refractivity contribution in [3.63, 3.8) is 0 Å². The topological polar surface area (TPSA) is 3.24 Å². The van der Waals surface area contributed by atoms with Gasteiger partial charge in [0.05, 0.1) is 5.70 Å². The lowest BCUT2D eigenvalue weighted by atomic mass is 10.0. The third-order valence-corrected chi connectivity index (χ3v) is 3.24. The molecular weight excluding hydrogens is 261 g/mol. The van der Waals surface area contributed by atoms with Crippen LogP contribution < -0.4 is 0 Å². The second-order valence-electron chi connectivity index (χ2n) is 5.45. The number of allylic oxidation sites excluding steroid dienone is 5. The van der Waals surface area contributed by atoms with Crippen LogP contribution in [0.25, 0.3) is 11.3 Å². The minimum Gasteiger partial charge on any atom is -0.317 e. The first-order valence-electron chi connectivity index (χ1n) is 6.87. The number of hydrogen-bond donors (Lipinski definition) is 0. The van der Waals surface area contributed by atoms with E-state index in [1.54, 1.807) is 6.07 Å². The van der Waals surface area contributed by atoms with Crippen LogP contribution in [0.4, 0.5) is 4.39 Å². The van der Waals surface area contributed by atoms with Gasteiger partial charge in [0.2, 0.25) is 0 Å². The molecule has 21 heavy (non-hydrogen) atoms. The van der Waals surface area contributed by atoms with E-state index in [-0.39, 0.29) is 5.82 Å². The molecule has 0 fully saturated rings. The predicted octanol–water partition coefficient (Wildman–Crippen LogP) is 5.51. The van der Waals surface area contributed by atoms with Crippen molar-refractivity contribution in [2.45, 2.75) is 20.8 Å². The predicted molar refractivity (Wildman–Crippen MR) is 88.6 cm³/mol. The molecule has 1 nitrogen and oxygen atoms in total. The molecule has 1 aromatic carbocycles. The van der Waals surface area contributed by atoms with E-state index in [0.29, 0.717) is 5.56 Å². The first-order valence-corrected chi connectivity index (χ1v) is 6.87. The number of hydrogen-bond acceptors (Lipinski definition) is 1. The largest absolute Gasteiger partial charge is 0.317 e. The Hall–Kier alpha value is -2.35. The smallest absolute Gasteiger partial charge is 0.133 e. The number of rotatable bonds is 3. The maximum atomic E-state index is 14.4. The van der Waals surface area contributed by atoms with Gasteiger partial charge in [0.15, 0.2) is 0 Å². The molecule has 1 aliphatic rings. The molecule has 0 saturated carbocycles. The van der Waals surface area contributed by atoms with Crippen molar-refractivity contribution in [2.24, 2.45) is 0 Å². The molecule has 1 heterocycles. The van der Waals surface area contributed by atoms with Crippen molar-refractivity contribution in [1.82, 2.24) is 4.90 Å². The zero-order valence-electron chi connectivity index (χ0n) is 12.8. The summed E-state index contributed by atoms with van der Waals surface area (Å²) >= 11 is 0. The van der Waals surface area contributed by atoms with Crippen LogP contribution in [0.5, 0.6) is 0 Å². The first kappa shape index (κ1) is 15.0. The van der Waals surface area contributed by atoms with Crippen molar-refractivity contribution in [3.05, 3.63) is 84.0 Å². The number of halogens is 1. The Kier molecular flexibility index (Phi) is 4.27. The van der Waals surface area contributed by atoms with Crippen LogP contribution in [-0.2, 0) is 0 Å². The molecule has 0 saturated heterocycles. The molecule has 0 radical (unpaired) electrons. The average Bonchev–Trinajstić information content (AvgIpc) is 2.41. The lowest BCUT2D eigenvalue weighted by molar-refractivity contribution is 0.606. The minimum atomic E-state index is -0.253. The number of benzene rings is 1. The first-order chi connectivity index (χ1) is 9.90. The zero-order valence-corrected chi connectivity index (χ0v) is 12.8. The second-order valence-corrected chi connectivity index (χ2v) is 5.45. The van der Waals surface area contributed by atoms with Gasteiger partial charge in [-0.05, 0) is 50.6 Å². The van der Waals surface area contributed by atoms with E-state index < -0.39 is 0 Å². The standard InChI is InChI=1S/C19H20FN/c1-13(2)12-21-15(5)7-6-8-19(21)17-10-9-16(14(3)4)11-18(17)20/h6-12H,3,5H2,1-2,4H3. The highest BCUT2D eigenvalue weighted by Gasteiger charge is 2.17. The van der Waals surface area contributed by atoms with Gasteiger partial charge in [-0.25, -0.2) is 4.39 Å². The molecule has 0 spiro atoms. The summed E-state index contributed by atoms with van der Waals surface area (Å²) in [6.45, 7) is 13.7.